The summed E-state index contributed by atoms with van der Waals surface area (Å²) in [7, 11) is 3.50. The second kappa shape index (κ2) is 6.75. The Hall–Kier alpha value is -2.08. The van der Waals surface area contributed by atoms with Gasteiger partial charge in [0.15, 0.2) is 0 Å². The normalized spacial score (nSPS) is 10.4. The van der Waals surface area contributed by atoms with Crippen LogP contribution in [0.3, 0.4) is 0 Å². The van der Waals surface area contributed by atoms with E-state index in [1.807, 2.05) is 37.5 Å². The lowest BCUT2D eigenvalue weighted by Crippen LogP contribution is -2.05. The maximum atomic E-state index is 5.55. The van der Waals surface area contributed by atoms with Gasteiger partial charge in [-0.25, -0.2) is 0 Å². The minimum absolute atomic E-state index is 0.546. The molecule has 0 aliphatic rings. The molecular formula is C13H18N4O2. The molecule has 0 unspecified atom stereocenters. The molecule has 1 aromatic carbocycles. The van der Waals surface area contributed by atoms with Crippen LogP contribution in [0.5, 0.6) is 5.75 Å². The number of rotatable bonds is 7. The largest absolute Gasteiger partial charge is 0.491 e. The SMILES string of the molecule is COCCOc1cccc(NCc2cn(C)nn2)c1. The van der Waals surface area contributed by atoms with Crippen LogP contribution in [0, 0.1) is 0 Å². The van der Waals surface area contributed by atoms with Gasteiger partial charge in [-0.15, -0.1) is 5.10 Å². The molecular weight excluding hydrogens is 244 g/mol. The van der Waals surface area contributed by atoms with Crippen molar-refractivity contribution in [3.63, 3.8) is 0 Å². The van der Waals surface area contributed by atoms with Crippen molar-refractivity contribution in [1.82, 2.24) is 15.0 Å². The zero-order valence-corrected chi connectivity index (χ0v) is 11.2. The number of nitrogens with one attached hydrogen (secondary N) is 1. The fourth-order valence-corrected chi connectivity index (χ4v) is 1.61. The molecule has 0 aliphatic heterocycles. The van der Waals surface area contributed by atoms with Gasteiger partial charge in [-0.1, -0.05) is 11.3 Å². The van der Waals surface area contributed by atoms with Crippen molar-refractivity contribution in [1.29, 1.82) is 0 Å². The number of methoxy groups -OCH3 is 1. The molecule has 0 fully saturated rings. The number of aryl methyl sites for hydroxylation is 1. The number of ether oxygens (including phenoxy) is 2. The van der Waals surface area contributed by atoms with Crippen molar-refractivity contribution in [2.45, 2.75) is 6.54 Å². The van der Waals surface area contributed by atoms with E-state index in [4.69, 9.17) is 9.47 Å². The third-order valence-corrected chi connectivity index (χ3v) is 2.51. The van der Waals surface area contributed by atoms with E-state index in [9.17, 15) is 0 Å². The average Bonchev–Trinajstić information content (AvgIpc) is 2.83. The first-order valence-corrected chi connectivity index (χ1v) is 6.09. The lowest BCUT2D eigenvalue weighted by molar-refractivity contribution is 0.146. The van der Waals surface area contributed by atoms with E-state index in [2.05, 4.69) is 15.6 Å². The Labute approximate surface area is 112 Å². The third-order valence-electron chi connectivity index (χ3n) is 2.51. The summed E-state index contributed by atoms with van der Waals surface area (Å²) in [6.45, 7) is 1.76. The van der Waals surface area contributed by atoms with Gasteiger partial charge < -0.3 is 14.8 Å². The number of anilines is 1. The van der Waals surface area contributed by atoms with Gasteiger partial charge in [0.2, 0.25) is 0 Å². The van der Waals surface area contributed by atoms with Gasteiger partial charge in [-0.2, -0.15) is 0 Å². The summed E-state index contributed by atoms with van der Waals surface area (Å²) in [5.74, 6) is 0.821. The van der Waals surface area contributed by atoms with Crippen LogP contribution >= 0.6 is 0 Å². The molecule has 0 bridgehead atoms. The van der Waals surface area contributed by atoms with Crippen molar-refractivity contribution < 1.29 is 9.47 Å². The highest BCUT2D eigenvalue weighted by molar-refractivity contribution is 5.48. The van der Waals surface area contributed by atoms with Crippen molar-refractivity contribution in [3.05, 3.63) is 36.2 Å². The Morgan fingerprint density at radius 1 is 1.32 bits per heavy atom. The summed E-state index contributed by atoms with van der Waals surface area (Å²) >= 11 is 0. The third kappa shape index (κ3) is 4.26. The van der Waals surface area contributed by atoms with E-state index in [1.165, 1.54) is 0 Å². The quantitative estimate of drug-likeness (QED) is 0.765. The first-order valence-electron chi connectivity index (χ1n) is 6.09. The lowest BCUT2D eigenvalue weighted by atomic mass is 10.3. The van der Waals surface area contributed by atoms with Crippen LogP contribution < -0.4 is 10.1 Å². The van der Waals surface area contributed by atoms with Crippen LogP contribution in [0.4, 0.5) is 5.69 Å². The topological polar surface area (TPSA) is 61.2 Å². The van der Waals surface area contributed by atoms with E-state index < -0.39 is 0 Å². The molecule has 0 amide bonds. The molecule has 0 saturated heterocycles. The minimum atomic E-state index is 0.546. The van der Waals surface area contributed by atoms with Crippen LogP contribution in [0.1, 0.15) is 5.69 Å². The van der Waals surface area contributed by atoms with Crippen LogP contribution in [-0.2, 0) is 18.3 Å². The molecule has 0 aliphatic carbocycles. The predicted octanol–water partition coefficient (Wildman–Crippen LogP) is 1.45. The Morgan fingerprint density at radius 2 is 2.21 bits per heavy atom. The summed E-state index contributed by atoms with van der Waals surface area (Å²) in [5, 5.41) is 11.2. The molecule has 1 heterocycles. The molecule has 0 saturated carbocycles. The lowest BCUT2D eigenvalue weighted by Gasteiger charge is -2.08. The van der Waals surface area contributed by atoms with Crippen molar-refractivity contribution in [2.24, 2.45) is 7.05 Å². The van der Waals surface area contributed by atoms with E-state index >= 15 is 0 Å². The van der Waals surface area contributed by atoms with E-state index in [0.29, 0.717) is 19.8 Å². The Kier molecular flexibility index (Phi) is 4.74. The van der Waals surface area contributed by atoms with Crippen LogP contribution in [-0.4, -0.2) is 35.3 Å². The molecule has 102 valence electrons. The summed E-state index contributed by atoms with van der Waals surface area (Å²) in [5.41, 5.74) is 1.88. The predicted molar refractivity (Wildman–Crippen MR) is 72.1 cm³/mol. The van der Waals surface area contributed by atoms with Crippen molar-refractivity contribution in [2.75, 3.05) is 25.6 Å². The highest BCUT2D eigenvalue weighted by Crippen LogP contribution is 2.17. The maximum Gasteiger partial charge on any atom is 0.121 e. The highest BCUT2D eigenvalue weighted by Gasteiger charge is 2.00. The second-order valence-electron chi connectivity index (χ2n) is 4.11. The van der Waals surface area contributed by atoms with Gasteiger partial charge in [0.1, 0.15) is 18.1 Å². The highest BCUT2D eigenvalue weighted by atomic mass is 16.5. The van der Waals surface area contributed by atoms with Crippen molar-refractivity contribution in [3.8, 4) is 5.75 Å². The van der Waals surface area contributed by atoms with E-state index in [1.54, 1.807) is 11.8 Å². The molecule has 1 aromatic heterocycles. The summed E-state index contributed by atoms with van der Waals surface area (Å²) in [4.78, 5) is 0. The number of hydrogen-bond donors (Lipinski definition) is 1. The molecule has 2 rings (SSSR count). The fraction of sp³-hybridized carbons (Fsp3) is 0.385. The van der Waals surface area contributed by atoms with Gasteiger partial charge in [-0.3, -0.25) is 4.68 Å². The number of hydrogen-bond acceptors (Lipinski definition) is 5. The Balaban J connectivity index is 1.87. The smallest absolute Gasteiger partial charge is 0.121 e. The number of nitrogens with zero attached hydrogens (tertiary/aromatic N) is 3. The van der Waals surface area contributed by atoms with E-state index in [0.717, 1.165) is 17.1 Å². The zero-order chi connectivity index (χ0) is 13.5. The second-order valence-corrected chi connectivity index (χ2v) is 4.11. The Bertz CT molecular complexity index is 513. The van der Waals surface area contributed by atoms with Gasteiger partial charge >= 0.3 is 0 Å². The van der Waals surface area contributed by atoms with Gasteiger partial charge in [-0.05, 0) is 12.1 Å². The van der Waals surface area contributed by atoms with Crippen LogP contribution in [0.2, 0.25) is 0 Å². The molecule has 6 heteroatoms. The summed E-state index contributed by atoms with van der Waals surface area (Å²) < 4.78 is 12.2. The fourth-order valence-electron chi connectivity index (χ4n) is 1.61. The molecule has 2 aromatic rings. The average molecular weight is 262 g/mol. The molecule has 19 heavy (non-hydrogen) atoms. The van der Waals surface area contributed by atoms with E-state index in [-0.39, 0.29) is 0 Å². The zero-order valence-electron chi connectivity index (χ0n) is 11.2. The van der Waals surface area contributed by atoms with Gasteiger partial charge in [0.25, 0.3) is 0 Å². The van der Waals surface area contributed by atoms with Gasteiger partial charge in [0.05, 0.1) is 13.2 Å². The standard InChI is InChI=1S/C13H18N4O2/c1-17-10-12(15-16-17)9-14-11-4-3-5-13(8-11)19-7-6-18-2/h3-5,8,10,14H,6-7,9H2,1-2H3. The molecule has 1 N–H and O–H groups in total. The van der Waals surface area contributed by atoms with Gasteiger partial charge in [0, 0.05) is 32.1 Å². The first-order chi connectivity index (χ1) is 9.28. The molecule has 0 atom stereocenters. The summed E-state index contributed by atoms with van der Waals surface area (Å²) in [6, 6.07) is 7.80. The number of aromatic nitrogens is 3. The summed E-state index contributed by atoms with van der Waals surface area (Å²) in [6.07, 6.45) is 1.88. The molecule has 0 radical (unpaired) electrons. The van der Waals surface area contributed by atoms with Crippen molar-refractivity contribution >= 4 is 5.69 Å². The molecule has 0 spiro atoms. The Morgan fingerprint density at radius 3 is 2.95 bits per heavy atom. The molecule has 6 nitrogen and oxygen atoms in total. The van der Waals surface area contributed by atoms with Crippen LogP contribution in [0.25, 0.3) is 0 Å². The number of benzene rings is 1. The maximum absolute atomic E-state index is 5.55. The minimum Gasteiger partial charge on any atom is -0.491 e. The monoisotopic (exact) mass is 262 g/mol. The first kappa shape index (κ1) is 13.4. The van der Waals surface area contributed by atoms with Crippen LogP contribution in [0.15, 0.2) is 30.5 Å².